The first-order valence-electron chi connectivity index (χ1n) is 6.10. The maximum Gasteiger partial charge on any atom is 0.320 e. The normalized spacial score (nSPS) is 19.5. The molecule has 0 aliphatic carbocycles. The van der Waals surface area contributed by atoms with Crippen LogP contribution in [0.5, 0.6) is 0 Å². The molecule has 0 radical (unpaired) electrons. The van der Waals surface area contributed by atoms with Gasteiger partial charge in [-0.05, 0) is 44.8 Å². The van der Waals surface area contributed by atoms with Gasteiger partial charge >= 0.3 is 5.97 Å². The van der Waals surface area contributed by atoms with E-state index in [-0.39, 0.29) is 0 Å². The monoisotopic (exact) mass is 394 g/mol. The average Bonchev–Trinajstić information content (AvgIpc) is 2.68. The number of carboxylic acids is 1. The van der Waals surface area contributed by atoms with Crippen molar-refractivity contribution in [2.45, 2.75) is 19.5 Å². The Morgan fingerprint density at radius 1 is 1.42 bits per heavy atom. The van der Waals surface area contributed by atoms with Gasteiger partial charge < -0.3 is 9.52 Å². The zero-order chi connectivity index (χ0) is 14.0. The van der Waals surface area contributed by atoms with Crippen LogP contribution in [0.15, 0.2) is 19.6 Å². The molecule has 19 heavy (non-hydrogen) atoms. The van der Waals surface area contributed by atoms with Crippen LogP contribution in [0.4, 0.5) is 0 Å². The zero-order valence-electron chi connectivity index (χ0n) is 10.6. The summed E-state index contributed by atoms with van der Waals surface area (Å²) in [6.45, 7) is 5.74. The molecule has 1 aliphatic heterocycles. The van der Waals surface area contributed by atoms with E-state index in [1.54, 1.807) is 6.92 Å². The predicted molar refractivity (Wildman–Crippen MR) is 78.1 cm³/mol. The highest BCUT2D eigenvalue weighted by atomic mass is 79.9. The maximum absolute atomic E-state index is 10.9. The second-order valence-electron chi connectivity index (χ2n) is 4.66. The average molecular weight is 396 g/mol. The molecule has 1 aromatic rings. The highest BCUT2D eigenvalue weighted by Crippen LogP contribution is 2.27. The Bertz CT molecular complexity index is 436. The summed E-state index contributed by atoms with van der Waals surface area (Å²) in [5, 5.41) is 8.99. The molecule has 1 N–H and O–H groups in total. The number of aliphatic carboxylic acids is 1. The number of carbonyl (C=O) groups is 1. The highest BCUT2D eigenvalue weighted by Gasteiger charge is 2.25. The van der Waals surface area contributed by atoms with E-state index in [9.17, 15) is 4.79 Å². The fourth-order valence-electron chi connectivity index (χ4n) is 2.15. The number of hydrogen-bond donors (Lipinski definition) is 1. The number of furan rings is 1. The number of nitrogens with zero attached hydrogens (tertiary/aromatic N) is 2. The van der Waals surface area contributed by atoms with Crippen LogP contribution in [0.2, 0.25) is 0 Å². The molecule has 2 rings (SSSR count). The molecule has 7 heteroatoms. The minimum Gasteiger partial charge on any atom is -0.480 e. The lowest BCUT2D eigenvalue weighted by atomic mass is 10.2. The molecule has 2 heterocycles. The lowest BCUT2D eigenvalue weighted by Crippen LogP contribution is -2.51. The Labute approximate surface area is 128 Å². The van der Waals surface area contributed by atoms with E-state index in [0.29, 0.717) is 4.67 Å². The van der Waals surface area contributed by atoms with Gasteiger partial charge in [0, 0.05) is 26.2 Å². The van der Waals surface area contributed by atoms with Crippen LogP contribution in [0, 0.1) is 0 Å². The van der Waals surface area contributed by atoms with Gasteiger partial charge in [-0.25, -0.2) is 0 Å². The lowest BCUT2D eigenvalue weighted by Gasteiger charge is -2.36. The molecule has 0 bridgehead atoms. The Morgan fingerprint density at radius 3 is 2.53 bits per heavy atom. The summed E-state index contributed by atoms with van der Waals surface area (Å²) in [7, 11) is 0. The molecule has 1 saturated heterocycles. The van der Waals surface area contributed by atoms with Gasteiger partial charge in [-0.15, -0.1) is 0 Å². The van der Waals surface area contributed by atoms with Gasteiger partial charge in [0.15, 0.2) is 4.67 Å². The molecule has 106 valence electrons. The fourth-order valence-corrected chi connectivity index (χ4v) is 2.81. The molecule has 0 aromatic carbocycles. The van der Waals surface area contributed by atoms with E-state index in [0.717, 1.165) is 43.0 Å². The van der Waals surface area contributed by atoms with Crippen molar-refractivity contribution in [3.63, 3.8) is 0 Å². The molecule has 1 unspecified atom stereocenters. The van der Waals surface area contributed by atoms with Crippen molar-refractivity contribution in [2.75, 3.05) is 26.2 Å². The van der Waals surface area contributed by atoms with Crippen molar-refractivity contribution in [1.29, 1.82) is 0 Å². The third-order valence-electron chi connectivity index (χ3n) is 3.39. The Kier molecular flexibility index (Phi) is 5.05. The van der Waals surface area contributed by atoms with E-state index < -0.39 is 12.0 Å². The van der Waals surface area contributed by atoms with E-state index in [1.165, 1.54) is 0 Å². The van der Waals surface area contributed by atoms with E-state index in [1.807, 2.05) is 11.0 Å². The smallest absolute Gasteiger partial charge is 0.320 e. The Morgan fingerprint density at radius 2 is 2.05 bits per heavy atom. The van der Waals surface area contributed by atoms with Gasteiger partial charge in [0.2, 0.25) is 0 Å². The fraction of sp³-hybridized carbons (Fsp3) is 0.583. The number of halogens is 2. The molecule has 0 saturated carbocycles. The summed E-state index contributed by atoms with van der Waals surface area (Å²) in [4.78, 5) is 15.2. The van der Waals surface area contributed by atoms with Crippen LogP contribution >= 0.6 is 31.9 Å². The zero-order valence-corrected chi connectivity index (χ0v) is 13.8. The summed E-state index contributed by atoms with van der Waals surface area (Å²) in [5.74, 6) is 0.144. The molecule has 0 spiro atoms. The third kappa shape index (κ3) is 3.81. The topological polar surface area (TPSA) is 56.9 Å². The second kappa shape index (κ2) is 6.39. The summed E-state index contributed by atoms with van der Waals surface area (Å²) in [6, 6.07) is 1.55. The molecule has 0 amide bonds. The minimum atomic E-state index is -0.757. The molecule has 1 aromatic heterocycles. The van der Waals surface area contributed by atoms with Crippen LogP contribution in [0.25, 0.3) is 0 Å². The van der Waals surface area contributed by atoms with Gasteiger partial charge in [-0.2, -0.15) is 0 Å². The number of piperazine rings is 1. The molecular weight excluding hydrogens is 380 g/mol. The van der Waals surface area contributed by atoms with Crippen molar-refractivity contribution in [3.8, 4) is 0 Å². The van der Waals surface area contributed by atoms with Crippen molar-refractivity contribution in [1.82, 2.24) is 9.80 Å². The van der Waals surface area contributed by atoms with Gasteiger partial charge in [-0.1, -0.05) is 0 Å². The lowest BCUT2D eigenvalue weighted by molar-refractivity contribution is -0.143. The van der Waals surface area contributed by atoms with Crippen LogP contribution in [0.1, 0.15) is 12.7 Å². The summed E-state index contributed by atoms with van der Waals surface area (Å²) in [5.41, 5.74) is 0. The molecule has 1 atom stereocenters. The molecule has 1 fully saturated rings. The summed E-state index contributed by atoms with van der Waals surface area (Å²) < 4.78 is 7.18. The van der Waals surface area contributed by atoms with Crippen LogP contribution in [-0.2, 0) is 11.3 Å². The summed E-state index contributed by atoms with van der Waals surface area (Å²) in [6.07, 6.45) is 0. The first-order valence-corrected chi connectivity index (χ1v) is 7.69. The third-order valence-corrected chi connectivity index (χ3v) is 5.10. The van der Waals surface area contributed by atoms with Crippen molar-refractivity contribution < 1.29 is 14.3 Å². The maximum atomic E-state index is 10.9. The second-order valence-corrected chi connectivity index (χ2v) is 6.24. The Balaban J connectivity index is 1.85. The highest BCUT2D eigenvalue weighted by molar-refractivity contribution is 9.13. The molecule has 5 nitrogen and oxygen atoms in total. The largest absolute Gasteiger partial charge is 0.480 e. The van der Waals surface area contributed by atoms with Crippen LogP contribution < -0.4 is 0 Å². The Hall–Kier alpha value is -0.370. The first-order chi connectivity index (χ1) is 8.97. The van der Waals surface area contributed by atoms with Crippen molar-refractivity contribution in [3.05, 3.63) is 21.0 Å². The number of carboxylic acid groups (broad SMARTS) is 1. The van der Waals surface area contributed by atoms with Crippen molar-refractivity contribution in [2.24, 2.45) is 0 Å². The summed E-state index contributed by atoms with van der Waals surface area (Å²) >= 11 is 6.71. The SMILES string of the molecule is CC(C(=O)O)N1CCN(Cc2cc(Br)c(Br)o2)CC1. The van der Waals surface area contributed by atoms with Gasteiger partial charge in [0.25, 0.3) is 0 Å². The molecule has 1 aliphatic rings. The van der Waals surface area contributed by atoms with Crippen LogP contribution in [0.3, 0.4) is 0 Å². The van der Waals surface area contributed by atoms with Gasteiger partial charge in [0.05, 0.1) is 11.0 Å². The van der Waals surface area contributed by atoms with E-state index >= 15 is 0 Å². The number of rotatable bonds is 4. The standard InChI is InChI=1S/C12H16Br2N2O3/c1-8(12(17)18)16-4-2-15(3-5-16)7-9-6-10(13)11(14)19-9/h6,8H,2-5,7H2,1H3,(H,17,18). The van der Waals surface area contributed by atoms with Crippen LogP contribution in [-0.4, -0.2) is 53.1 Å². The quantitative estimate of drug-likeness (QED) is 0.848. The predicted octanol–water partition coefficient (Wildman–Crippen LogP) is 2.40. The minimum absolute atomic E-state index is 0.408. The van der Waals surface area contributed by atoms with E-state index in [2.05, 4.69) is 36.8 Å². The number of hydrogen-bond acceptors (Lipinski definition) is 4. The van der Waals surface area contributed by atoms with Crippen molar-refractivity contribution >= 4 is 37.8 Å². The van der Waals surface area contributed by atoms with Gasteiger partial charge in [0.1, 0.15) is 11.8 Å². The van der Waals surface area contributed by atoms with Gasteiger partial charge in [-0.3, -0.25) is 14.6 Å². The van der Waals surface area contributed by atoms with E-state index in [4.69, 9.17) is 9.52 Å². The first kappa shape index (κ1) is 15.0. The molecular formula is C12H16Br2N2O3.